The van der Waals surface area contributed by atoms with Crippen LogP contribution in [-0.4, -0.2) is 13.1 Å². The van der Waals surface area contributed by atoms with E-state index < -0.39 is 0 Å². The average Bonchev–Trinajstić information content (AvgIpc) is 2.12. The Morgan fingerprint density at radius 3 is 1.09 bits per heavy atom. The predicted molar refractivity (Wildman–Crippen MR) is 45.3 cm³/mol. The summed E-state index contributed by atoms with van der Waals surface area (Å²) in [4.78, 5) is 16.8. The molecule has 0 unspecified atom stereocenters. The first kappa shape index (κ1) is 12.3. The molecule has 0 spiro atoms. The fraction of sp³-hybridized carbons (Fsp3) is 0.111. The molecule has 2 nitrogen and oxygen atoms in total. The van der Waals surface area contributed by atoms with Crippen LogP contribution < -0.4 is 0 Å². The number of hydrogen-bond donors (Lipinski definition) is 0. The first-order valence-electron chi connectivity index (χ1n) is 3.10. The molecule has 0 amide bonds. The van der Waals surface area contributed by atoms with Crippen LogP contribution in [0.1, 0.15) is 6.92 Å². The molecule has 2 heteroatoms. The summed E-state index contributed by atoms with van der Waals surface area (Å²) in [7, 11) is 0. The molecule has 0 fully saturated rings. The van der Waals surface area contributed by atoms with Crippen molar-refractivity contribution in [1.82, 2.24) is 0 Å². The number of benzene rings is 1. The van der Waals surface area contributed by atoms with E-state index in [1.54, 1.807) is 0 Å². The van der Waals surface area contributed by atoms with Crippen LogP contribution in [0.15, 0.2) is 36.4 Å². The van der Waals surface area contributed by atoms with Crippen LogP contribution in [0.2, 0.25) is 0 Å². The lowest BCUT2D eigenvalue weighted by Gasteiger charge is -1.69. The SMILES string of the molecule is C=O.CC=O.c1ccccc1. The van der Waals surface area contributed by atoms with Gasteiger partial charge in [0.2, 0.25) is 0 Å². The highest BCUT2D eigenvalue weighted by Gasteiger charge is 1.57. The summed E-state index contributed by atoms with van der Waals surface area (Å²) in [5.41, 5.74) is 0. The number of hydrogen-bond acceptors (Lipinski definition) is 2. The summed E-state index contributed by atoms with van der Waals surface area (Å²) in [5, 5.41) is 0. The Bertz CT molecular complexity index is 122. The summed E-state index contributed by atoms with van der Waals surface area (Å²) < 4.78 is 0. The van der Waals surface area contributed by atoms with Crippen molar-refractivity contribution >= 4 is 13.1 Å². The molecule has 0 aliphatic heterocycles. The third kappa shape index (κ3) is 17.7. The van der Waals surface area contributed by atoms with E-state index in [2.05, 4.69) is 0 Å². The standard InChI is InChI=1S/C6H6.C2H4O.CH2O/c1-2-4-6-5-3-1;1-2-3;1-2/h1-6H;2H,1H3;1H2. The van der Waals surface area contributed by atoms with Crippen molar-refractivity contribution in [3.05, 3.63) is 36.4 Å². The third-order valence-corrected chi connectivity index (χ3v) is 0.667. The maximum atomic E-state index is 8.81. The lowest BCUT2D eigenvalue weighted by Crippen LogP contribution is -1.47. The zero-order valence-corrected chi connectivity index (χ0v) is 6.57. The second kappa shape index (κ2) is 15.8. The van der Waals surface area contributed by atoms with Crippen molar-refractivity contribution in [2.24, 2.45) is 0 Å². The fourth-order valence-corrected chi connectivity index (χ4v) is 0.385. The lowest BCUT2D eigenvalue weighted by molar-refractivity contribution is -0.106. The van der Waals surface area contributed by atoms with Gasteiger partial charge in [0, 0.05) is 0 Å². The molecule has 0 heterocycles. The Balaban J connectivity index is 0. The Hall–Kier alpha value is -1.44. The molecule has 0 N–H and O–H groups in total. The van der Waals surface area contributed by atoms with Crippen molar-refractivity contribution in [1.29, 1.82) is 0 Å². The van der Waals surface area contributed by atoms with E-state index >= 15 is 0 Å². The zero-order chi connectivity index (χ0) is 8.95. The summed E-state index contributed by atoms with van der Waals surface area (Å²) >= 11 is 0. The molecular weight excluding hydrogens is 140 g/mol. The second-order valence-corrected chi connectivity index (χ2v) is 1.39. The van der Waals surface area contributed by atoms with Crippen LogP contribution in [0, 0.1) is 0 Å². The van der Waals surface area contributed by atoms with Gasteiger partial charge in [0.15, 0.2) is 0 Å². The summed E-state index contributed by atoms with van der Waals surface area (Å²) in [6, 6.07) is 12.0. The smallest absolute Gasteiger partial charge is 0.116 e. The van der Waals surface area contributed by atoms with Crippen molar-refractivity contribution in [3.8, 4) is 0 Å². The van der Waals surface area contributed by atoms with E-state index in [9.17, 15) is 0 Å². The van der Waals surface area contributed by atoms with Gasteiger partial charge in [0.25, 0.3) is 0 Å². The molecule has 0 aliphatic rings. The highest BCUT2D eigenvalue weighted by Crippen LogP contribution is 1.79. The number of carbonyl (C=O) groups excluding carboxylic acids is 2. The second-order valence-electron chi connectivity index (χ2n) is 1.39. The first-order chi connectivity index (χ1) is 5.41. The zero-order valence-electron chi connectivity index (χ0n) is 6.57. The number of aldehydes is 1. The van der Waals surface area contributed by atoms with E-state index in [1.807, 2.05) is 43.2 Å². The van der Waals surface area contributed by atoms with Crippen molar-refractivity contribution in [2.45, 2.75) is 6.92 Å². The fourth-order valence-electron chi connectivity index (χ4n) is 0.385. The molecule has 11 heavy (non-hydrogen) atoms. The minimum Gasteiger partial charge on any atom is -0.307 e. The van der Waals surface area contributed by atoms with Crippen molar-refractivity contribution in [3.63, 3.8) is 0 Å². The maximum absolute atomic E-state index is 8.81. The summed E-state index contributed by atoms with van der Waals surface area (Å²) in [6.45, 7) is 3.44. The molecular formula is C9H12O2. The molecule has 0 saturated carbocycles. The van der Waals surface area contributed by atoms with Crippen LogP contribution in [0.3, 0.4) is 0 Å². The molecule has 0 saturated heterocycles. The van der Waals surface area contributed by atoms with Gasteiger partial charge in [0.1, 0.15) is 13.1 Å². The van der Waals surface area contributed by atoms with E-state index in [4.69, 9.17) is 9.59 Å². The van der Waals surface area contributed by atoms with Gasteiger partial charge in [-0.15, -0.1) is 0 Å². The van der Waals surface area contributed by atoms with Crippen LogP contribution in [0.5, 0.6) is 0 Å². The van der Waals surface area contributed by atoms with E-state index in [-0.39, 0.29) is 0 Å². The summed E-state index contributed by atoms with van der Waals surface area (Å²) in [5.74, 6) is 0. The summed E-state index contributed by atoms with van der Waals surface area (Å²) in [6.07, 6.45) is 0.750. The monoisotopic (exact) mass is 152 g/mol. The molecule has 60 valence electrons. The van der Waals surface area contributed by atoms with Gasteiger partial charge in [-0.3, -0.25) is 0 Å². The van der Waals surface area contributed by atoms with Crippen LogP contribution in [0.25, 0.3) is 0 Å². The van der Waals surface area contributed by atoms with Gasteiger partial charge in [-0.25, -0.2) is 0 Å². The molecule has 0 bridgehead atoms. The van der Waals surface area contributed by atoms with Crippen LogP contribution in [0.4, 0.5) is 0 Å². The van der Waals surface area contributed by atoms with Gasteiger partial charge in [-0.05, 0) is 6.92 Å². The minimum atomic E-state index is 0.750. The molecule has 1 aromatic rings. The predicted octanol–water partition coefficient (Wildman–Crippen LogP) is 1.71. The van der Waals surface area contributed by atoms with Gasteiger partial charge in [-0.2, -0.15) is 0 Å². The molecule has 0 atom stereocenters. The Morgan fingerprint density at radius 2 is 1.00 bits per heavy atom. The molecule has 0 aromatic heterocycles. The number of rotatable bonds is 0. The lowest BCUT2D eigenvalue weighted by atomic mass is 10.4. The molecule has 1 rings (SSSR count). The van der Waals surface area contributed by atoms with Crippen LogP contribution >= 0.6 is 0 Å². The molecule has 0 aliphatic carbocycles. The largest absolute Gasteiger partial charge is 0.307 e. The van der Waals surface area contributed by atoms with E-state index in [0.29, 0.717) is 0 Å². The van der Waals surface area contributed by atoms with Gasteiger partial charge >= 0.3 is 0 Å². The van der Waals surface area contributed by atoms with Gasteiger partial charge in [0.05, 0.1) is 0 Å². The molecule has 0 radical (unpaired) electrons. The Morgan fingerprint density at radius 1 is 0.909 bits per heavy atom. The quantitative estimate of drug-likeness (QED) is 0.530. The van der Waals surface area contributed by atoms with Crippen molar-refractivity contribution in [2.75, 3.05) is 0 Å². The van der Waals surface area contributed by atoms with Crippen molar-refractivity contribution < 1.29 is 9.59 Å². The Kier molecular flexibility index (Phi) is 17.6. The van der Waals surface area contributed by atoms with Crippen LogP contribution in [-0.2, 0) is 9.59 Å². The van der Waals surface area contributed by atoms with E-state index in [1.165, 1.54) is 6.92 Å². The van der Waals surface area contributed by atoms with Gasteiger partial charge < -0.3 is 9.59 Å². The number of carbonyl (C=O) groups is 2. The molecule has 1 aromatic carbocycles. The normalized spacial score (nSPS) is 5.91. The first-order valence-corrected chi connectivity index (χ1v) is 3.10. The Labute approximate surface area is 66.9 Å². The average molecular weight is 152 g/mol. The highest BCUT2D eigenvalue weighted by molar-refractivity contribution is 5.44. The third-order valence-electron chi connectivity index (χ3n) is 0.667. The van der Waals surface area contributed by atoms with Gasteiger partial charge in [-0.1, -0.05) is 36.4 Å². The minimum absolute atomic E-state index is 0.750. The topological polar surface area (TPSA) is 34.1 Å². The highest BCUT2D eigenvalue weighted by atomic mass is 16.1. The maximum Gasteiger partial charge on any atom is 0.116 e. The van der Waals surface area contributed by atoms with E-state index in [0.717, 1.165) is 6.29 Å².